The van der Waals surface area contributed by atoms with Crippen LogP contribution in [0.15, 0.2) is 17.5 Å². The summed E-state index contributed by atoms with van der Waals surface area (Å²) in [6.07, 6.45) is 0. The third-order valence-electron chi connectivity index (χ3n) is 2.92. The quantitative estimate of drug-likeness (QED) is 0.855. The Balaban J connectivity index is 2.37. The topological polar surface area (TPSA) is 34.1 Å². The number of nitrogens with one attached hydrogen (secondary N) is 1. The van der Waals surface area contributed by atoms with Crippen molar-refractivity contribution in [2.24, 2.45) is 0 Å². The molecule has 1 N–H and O–H groups in total. The number of ether oxygens (including phenoxy) is 1. The van der Waals surface area contributed by atoms with Gasteiger partial charge in [0, 0.05) is 17.0 Å². The molecule has 108 valence electrons. The van der Waals surface area contributed by atoms with Crippen molar-refractivity contribution in [1.29, 1.82) is 0 Å². The summed E-state index contributed by atoms with van der Waals surface area (Å²) in [5.74, 6) is 0.599. The van der Waals surface area contributed by atoms with Crippen LogP contribution in [0.1, 0.15) is 24.9 Å². The molecule has 0 aliphatic rings. The normalized spacial score (nSPS) is 12.4. The molecule has 0 saturated heterocycles. The molecule has 1 unspecified atom stereocenters. The van der Waals surface area contributed by atoms with Crippen LogP contribution in [0.5, 0.6) is 5.75 Å². The van der Waals surface area contributed by atoms with Crippen LogP contribution in [-0.4, -0.2) is 18.6 Å². The number of halogens is 2. The van der Waals surface area contributed by atoms with Crippen LogP contribution in [0.2, 0.25) is 10.0 Å². The first-order valence-corrected chi connectivity index (χ1v) is 7.95. The predicted octanol–water partition coefficient (Wildman–Crippen LogP) is 4.80. The van der Waals surface area contributed by atoms with Crippen molar-refractivity contribution in [2.75, 3.05) is 13.7 Å². The highest BCUT2D eigenvalue weighted by Crippen LogP contribution is 2.37. The van der Waals surface area contributed by atoms with Crippen LogP contribution in [0.4, 0.5) is 0 Å². The number of hydrogen-bond donors (Lipinski definition) is 1. The lowest BCUT2D eigenvalue weighted by Crippen LogP contribution is -2.11. The molecule has 20 heavy (non-hydrogen) atoms. The maximum atomic E-state index is 6.30. The molecule has 0 aliphatic carbocycles. The molecular weight excluding hydrogens is 315 g/mol. The number of rotatable bonds is 5. The van der Waals surface area contributed by atoms with Crippen molar-refractivity contribution in [3.63, 3.8) is 0 Å². The van der Waals surface area contributed by atoms with Crippen molar-refractivity contribution in [3.8, 4) is 17.0 Å². The number of thiazole rings is 1. The maximum absolute atomic E-state index is 6.30. The molecule has 2 aromatic rings. The average molecular weight is 331 g/mol. The predicted molar refractivity (Wildman–Crippen MR) is 86.2 cm³/mol. The van der Waals surface area contributed by atoms with Gasteiger partial charge in [-0.1, -0.05) is 23.2 Å². The molecule has 0 radical (unpaired) electrons. The summed E-state index contributed by atoms with van der Waals surface area (Å²) in [7, 11) is 1.91. The third kappa shape index (κ3) is 3.26. The Labute approximate surface area is 132 Å². The van der Waals surface area contributed by atoms with Crippen molar-refractivity contribution < 1.29 is 4.74 Å². The van der Waals surface area contributed by atoms with Gasteiger partial charge in [0.05, 0.1) is 28.4 Å². The monoisotopic (exact) mass is 330 g/mol. The van der Waals surface area contributed by atoms with Gasteiger partial charge in [0.2, 0.25) is 0 Å². The zero-order chi connectivity index (χ0) is 14.7. The Morgan fingerprint density at radius 3 is 2.75 bits per heavy atom. The second-order valence-corrected chi connectivity index (χ2v) is 5.98. The Kier molecular flexibility index (Phi) is 5.27. The van der Waals surface area contributed by atoms with E-state index in [0.29, 0.717) is 22.4 Å². The van der Waals surface area contributed by atoms with E-state index in [1.54, 1.807) is 23.5 Å². The fourth-order valence-corrected chi connectivity index (χ4v) is 3.08. The van der Waals surface area contributed by atoms with Gasteiger partial charge >= 0.3 is 0 Å². The van der Waals surface area contributed by atoms with Crippen molar-refractivity contribution in [1.82, 2.24) is 10.3 Å². The van der Waals surface area contributed by atoms with E-state index in [4.69, 9.17) is 27.9 Å². The number of aromatic nitrogens is 1. The lowest BCUT2D eigenvalue weighted by molar-refractivity contribution is 0.340. The van der Waals surface area contributed by atoms with Gasteiger partial charge in [-0.25, -0.2) is 4.98 Å². The van der Waals surface area contributed by atoms with Crippen LogP contribution in [-0.2, 0) is 0 Å². The number of hydrogen-bond acceptors (Lipinski definition) is 4. The SMILES string of the molecule is CCOc1cc(Cl)c(-c2csc(C(C)NC)n2)cc1Cl. The molecule has 0 aliphatic heterocycles. The van der Waals surface area contributed by atoms with E-state index in [9.17, 15) is 0 Å². The summed E-state index contributed by atoms with van der Waals surface area (Å²) in [5, 5.41) is 7.30. The standard InChI is InChI=1S/C14H16Cl2N2OS/c1-4-19-13-6-10(15)9(5-11(13)16)12-7-20-14(18-12)8(2)17-3/h5-8,17H,4H2,1-3H3. The summed E-state index contributed by atoms with van der Waals surface area (Å²) in [4.78, 5) is 4.60. The fraction of sp³-hybridized carbons (Fsp3) is 0.357. The minimum atomic E-state index is 0.214. The first kappa shape index (κ1) is 15.6. The number of nitrogens with zero attached hydrogens (tertiary/aromatic N) is 1. The Bertz CT molecular complexity index is 601. The summed E-state index contributed by atoms with van der Waals surface area (Å²) in [6.45, 7) is 4.52. The molecular formula is C14H16Cl2N2OS. The highest BCUT2D eigenvalue weighted by Gasteiger charge is 2.14. The Morgan fingerprint density at radius 1 is 1.35 bits per heavy atom. The zero-order valence-corrected chi connectivity index (χ0v) is 13.9. The van der Waals surface area contributed by atoms with E-state index < -0.39 is 0 Å². The first-order valence-electron chi connectivity index (χ1n) is 6.31. The Morgan fingerprint density at radius 2 is 2.10 bits per heavy atom. The zero-order valence-electron chi connectivity index (χ0n) is 11.5. The summed E-state index contributed by atoms with van der Waals surface area (Å²) in [5.41, 5.74) is 1.66. The summed E-state index contributed by atoms with van der Waals surface area (Å²) in [6, 6.07) is 3.76. The van der Waals surface area contributed by atoms with Crippen molar-refractivity contribution in [2.45, 2.75) is 19.9 Å². The van der Waals surface area contributed by atoms with E-state index in [2.05, 4.69) is 17.2 Å². The van der Waals surface area contributed by atoms with Crippen LogP contribution in [0, 0.1) is 0 Å². The molecule has 0 amide bonds. The second kappa shape index (κ2) is 6.76. The molecule has 0 saturated carbocycles. The Hall–Kier alpha value is -0.810. The summed E-state index contributed by atoms with van der Waals surface area (Å²) < 4.78 is 5.42. The molecule has 1 atom stereocenters. The molecule has 0 bridgehead atoms. The fourth-order valence-electron chi connectivity index (χ4n) is 1.72. The molecule has 1 heterocycles. The van der Waals surface area contributed by atoms with E-state index in [0.717, 1.165) is 16.3 Å². The maximum Gasteiger partial charge on any atom is 0.139 e. The average Bonchev–Trinajstić information content (AvgIpc) is 2.91. The van der Waals surface area contributed by atoms with Crippen molar-refractivity contribution >= 4 is 34.5 Å². The molecule has 0 spiro atoms. The van der Waals surface area contributed by atoms with Crippen LogP contribution in [0.25, 0.3) is 11.3 Å². The van der Waals surface area contributed by atoms with Crippen LogP contribution in [0.3, 0.4) is 0 Å². The van der Waals surface area contributed by atoms with E-state index in [1.807, 2.05) is 19.4 Å². The molecule has 2 rings (SSSR count). The highest BCUT2D eigenvalue weighted by molar-refractivity contribution is 7.10. The largest absolute Gasteiger partial charge is 0.492 e. The van der Waals surface area contributed by atoms with E-state index >= 15 is 0 Å². The van der Waals surface area contributed by atoms with E-state index in [1.165, 1.54) is 0 Å². The minimum absolute atomic E-state index is 0.214. The van der Waals surface area contributed by atoms with E-state index in [-0.39, 0.29) is 6.04 Å². The molecule has 1 aromatic heterocycles. The van der Waals surface area contributed by atoms with Gasteiger partial charge in [0.15, 0.2) is 0 Å². The molecule has 3 nitrogen and oxygen atoms in total. The molecule has 0 fully saturated rings. The van der Waals surface area contributed by atoms with Gasteiger partial charge in [-0.2, -0.15) is 0 Å². The van der Waals surface area contributed by atoms with Gasteiger partial charge in [0.25, 0.3) is 0 Å². The lowest BCUT2D eigenvalue weighted by Gasteiger charge is -2.09. The third-order valence-corrected chi connectivity index (χ3v) is 4.56. The van der Waals surface area contributed by atoms with Gasteiger partial charge in [-0.3, -0.25) is 0 Å². The smallest absolute Gasteiger partial charge is 0.139 e. The van der Waals surface area contributed by atoms with Crippen LogP contribution >= 0.6 is 34.5 Å². The number of benzene rings is 1. The van der Waals surface area contributed by atoms with Gasteiger partial charge in [-0.15, -0.1) is 11.3 Å². The van der Waals surface area contributed by atoms with Crippen molar-refractivity contribution in [3.05, 3.63) is 32.6 Å². The first-order chi connectivity index (χ1) is 9.56. The van der Waals surface area contributed by atoms with Crippen LogP contribution < -0.4 is 10.1 Å². The van der Waals surface area contributed by atoms with Gasteiger partial charge < -0.3 is 10.1 Å². The summed E-state index contributed by atoms with van der Waals surface area (Å²) >= 11 is 14.1. The molecule has 6 heteroatoms. The molecule has 1 aromatic carbocycles. The van der Waals surface area contributed by atoms with Gasteiger partial charge in [-0.05, 0) is 27.0 Å². The lowest BCUT2D eigenvalue weighted by atomic mass is 10.1. The van der Waals surface area contributed by atoms with Gasteiger partial charge in [0.1, 0.15) is 10.8 Å². The minimum Gasteiger partial charge on any atom is -0.492 e. The second-order valence-electron chi connectivity index (χ2n) is 4.28. The highest BCUT2D eigenvalue weighted by atomic mass is 35.5.